The molecule has 0 radical (unpaired) electrons. The summed E-state index contributed by atoms with van der Waals surface area (Å²) in [7, 11) is 0. The van der Waals surface area contributed by atoms with Crippen LogP contribution in [-0.2, 0) is 4.74 Å². The van der Waals surface area contributed by atoms with E-state index in [9.17, 15) is 0 Å². The quantitative estimate of drug-likeness (QED) is 0.302. The molecular weight excluding hydrogens is 106 g/mol. The fourth-order valence-electron chi connectivity index (χ4n) is 0.502. The molecule has 0 atom stereocenters. The van der Waals surface area contributed by atoms with Gasteiger partial charge in [0.15, 0.2) is 5.60 Å². The number of rotatable bonds is 0. The Labute approximate surface area is 47.4 Å². The van der Waals surface area contributed by atoms with Crippen molar-refractivity contribution in [3.63, 3.8) is 0 Å². The lowest BCUT2D eigenvalue weighted by Gasteiger charge is -2.30. The van der Waals surface area contributed by atoms with Gasteiger partial charge in [-0.1, -0.05) is 0 Å². The molecule has 0 amide bonds. The molecule has 0 aliphatic carbocycles. The zero-order valence-electron chi connectivity index (χ0n) is 4.35. The van der Waals surface area contributed by atoms with Crippen molar-refractivity contribution in [2.75, 3.05) is 13.2 Å². The van der Waals surface area contributed by atoms with E-state index < -0.39 is 5.60 Å². The normalized spacial score (nSPS) is 22.6. The van der Waals surface area contributed by atoms with Crippen LogP contribution in [0.25, 0.3) is 0 Å². The smallest absolute Gasteiger partial charge is 0.173 e. The highest BCUT2D eigenvalue weighted by atomic mass is 16.5. The van der Waals surface area contributed by atoms with Gasteiger partial charge in [0.25, 0.3) is 0 Å². The summed E-state index contributed by atoms with van der Waals surface area (Å²) in [5, 5.41) is 9.03. The van der Waals surface area contributed by atoms with E-state index >= 15 is 0 Å². The highest BCUT2D eigenvalue weighted by Crippen LogP contribution is 2.13. The molecule has 44 valence electrons. The molecule has 0 aromatic heterocycles. The average Bonchev–Trinajstić information content (AvgIpc) is 1.64. The topological polar surface area (TPSA) is 55.5 Å². The van der Waals surface area contributed by atoms with Crippen LogP contribution in [0.5, 0.6) is 0 Å². The van der Waals surface area contributed by atoms with Gasteiger partial charge >= 0.3 is 0 Å². The van der Waals surface area contributed by atoms with Crippen molar-refractivity contribution in [2.24, 2.45) is 5.73 Å². The Balaban J connectivity index is 2.49. The lowest BCUT2D eigenvalue weighted by molar-refractivity contribution is -0.140. The monoisotopic (exact) mass is 113 g/mol. The van der Waals surface area contributed by atoms with Crippen LogP contribution in [0, 0.1) is 12.0 Å². The van der Waals surface area contributed by atoms with E-state index in [-0.39, 0.29) is 13.2 Å². The third kappa shape index (κ3) is 0.760. The van der Waals surface area contributed by atoms with Gasteiger partial charge in [0.1, 0.15) is 0 Å². The SMILES string of the molecule is NC#CC1(O)COC1. The molecule has 0 spiro atoms. The van der Waals surface area contributed by atoms with E-state index in [0.29, 0.717) is 0 Å². The molecule has 0 saturated carbocycles. The summed E-state index contributed by atoms with van der Waals surface area (Å²) in [5.74, 6) is 2.42. The van der Waals surface area contributed by atoms with Crippen LogP contribution in [-0.4, -0.2) is 23.9 Å². The summed E-state index contributed by atoms with van der Waals surface area (Å²) in [4.78, 5) is 0. The third-order valence-corrected chi connectivity index (χ3v) is 0.987. The second-order valence-electron chi connectivity index (χ2n) is 1.79. The number of hydrogen-bond donors (Lipinski definition) is 2. The van der Waals surface area contributed by atoms with Crippen molar-refractivity contribution in [1.29, 1.82) is 0 Å². The van der Waals surface area contributed by atoms with Crippen molar-refractivity contribution in [1.82, 2.24) is 0 Å². The first-order valence-corrected chi connectivity index (χ1v) is 2.30. The molecule has 0 unspecified atom stereocenters. The van der Waals surface area contributed by atoms with Crippen LogP contribution in [0.1, 0.15) is 0 Å². The Bertz CT molecular complexity index is 140. The van der Waals surface area contributed by atoms with Gasteiger partial charge in [-0.05, 0) is 5.92 Å². The molecule has 0 bridgehead atoms. The Hall–Kier alpha value is -0.720. The zero-order valence-corrected chi connectivity index (χ0v) is 4.35. The molecule has 1 rings (SSSR count). The molecule has 1 fully saturated rings. The van der Waals surface area contributed by atoms with E-state index in [1.165, 1.54) is 0 Å². The molecule has 1 aliphatic rings. The minimum absolute atomic E-state index is 0.289. The maximum atomic E-state index is 9.03. The summed E-state index contributed by atoms with van der Waals surface area (Å²) in [6.07, 6.45) is 0. The van der Waals surface area contributed by atoms with Crippen molar-refractivity contribution < 1.29 is 9.84 Å². The summed E-state index contributed by atoms with van der Waals surface area (Å²) in [6, 6.07) is 2.13. The second kappa shape index (κ2) is 1.66. The van der Waals surface area contributed by atoms with Gasteiger partial charge in [-0.25, -0.2) is 0 Å². The van der Waals surface area contributed by atoms with E-state index in [4.69, 9.17) is 10.8 Å². The van der Waals surface area contributed by atoms with Gasteiger partial charge in [0, 0.05) is 6.04 Å². The maximum Gasteiger partial charge on any atom is 0.173 e. The molecule has 8 heavy (non-hydrogen) atoms. The van der Waals surface area contributed by atoms with E-state index in [1.807, 2.05) is 0 Å². The van der Waals surface area contributed by atoms with Gasteiger partial charge in [0.2, 0.25) is 0 Å². The molecule has 3 heteroatoms. The fourth-order valence-corrected chi connectivity index (χ4v) is 0.502. The van der Waals surface area contributed by atoms with Crippen molar-refractivity contribution in [2.45, 2.75) is 5.60 Å². The predicted octanol–water partition coefficient (Wildman–Crippen LogP) is -1.33. The first-order valence-electron chi connectivity index (χ1n) is 2.30. The molecule has 1 heterocycles. The summed E-state index contributed by atoms with van der Waals surface area (Å²) in [6.45, 7) is 0.578. The van der Waals surface area contributed by atoms with E-state index in [0.717, 1.165) is 0 Å². The van der Waals surface area contributed by atoms with Gasteiger partial charge in [0.05, 0.1) is 13.2 Å². The summed E-state index contributed by atoms with van der Waals surface area (Å²) < 4.78 is 4.68. The van der Waals surface area contributed by atoms with Gasteiger partial charge < -0.3 is 15.6 Å². The number of ether oxygens (including phenoxy) is 1. The first kappa shape index (κ1) is 5.42. The highest BCUT2D eigenvalue weighted by molar-refractivity contribution is 5.15. The van der Waals surface area contributed by atoms with Crippen LogP contribution in [0.4, 0.5) is 0 Å². The molecule has 3 nitrogen and oxygen atoms in total. The molecule has 0 aromatic carbocycles. The zero-order chi connectivity index (χ0) is 6.04. The van der Waals surface area contributed by atoms with Crippen molar-refractivity contribution >= 4 is 0 Å². The minimum Gasteiger partial charge on any atom is -0.373 e. The Morgan fingerprint density at radius 1 is 1.62 bits per heavy atom. The highest BCUT2D eigenvalue weighted by Gasteiger charge is 2.33. The van der Waals surface area contributed by atoms with Crippen LogP contribution < -0.4 is 5.73 Å². The molecule has 1 saturated heterocycles. The first-order chi connectivity index (χ1) is 3.77. The third-order valence-electron chi connectivity index (χ3n) is 0.987. The molecular formula is C5H7NO2. The standard InChI is InChI=1S/C5H7NO2/c6-2-1-5(7)3-8-4-5/h7H,3-4,6H2. The number of nitrogens with two attached hydrogens (primary N) is 1. The molecule has 0 aromatic rings. The van der Waals surface area contributed by atoms with Crippen LogP contribution in [0.2, 0.25) is 0 Å². The summed E-state index contributed by atoms with van der Waals surface area (Å²) >= 11 is 0. The minimum atomic E-state index is -0.936. The van der Waals surface area contributed by atoms with Crippen LogP contribution in [0.15, 0.2) is 0 Å². The average molecular weight is 113 g/mol. The maximum absolute atomic E-state index is 9.03. The van der Waals surface area contributed by atoms with Crippen molar-refractivity contribution in [3.05, 3.63) is 0 Å². The Morgan fingerprint density at radius 3 is 2.38 bits per heavy atom. The second-order valence-corrected chi connectivity index (χ2v) is 1.79. The van der Waals surface area contributed by atoms with Gasteiger partial charge in [-0.15, -0.1) is 0 Å². The molecule has 1 aliphatic heterocycles. The van der Waals surface area contributed by atoms with E-state index in [2.05, 4.69) is 16.7 Å². The largest absolute Gasteiger partial charge is 0.373 e. The summed E-state index contributed by atoms with van der Waals surface area (Å²) in [5.41, 5.74) is 3.91. The lowest BCUT2D eigenvalue weighted by atomic mass is 10.0. The van der Waals surface area contributed by atoms with Crippen LogP contribution >= 0.6 is 0 Å². The Kier molecular flexibility index (Phi) is 1.12. The van der Waals surface area contributed by atoms with Gasteiger partial charge in [-0.3, -0.25) is 0 Å². The Morgan fingerprint density at radius 2 is 2.25 bits per heavy atom. The van der Waals surface area contributed by atoms with E-state index in [1.54, 1.807) is 0 Å². The lowest BCUT2D eigenvalue weighted by Crippen LogP contribution is -2.48. The predicted molar refractivity (Wildman–Crippen MR) is 27.7 cm³/mol. The van der Waals surface area contributed by atoms with Crippen LogP contribution in [0.3, 0.4) is 0 Å². The number of aliphatic hydroxyl groups is 1. The number of hydrogen-bond acceptors (Lipinski definition) is 3. The van der Waals surface area contributed by atoms with Crippen molar-refractivity contribution in [3.8, 4) is 12.0 Å². The van der Waals surface area contributed by atoms with Gasteiger partial charge in [-0.2, -0.15) is 0 Å². The molecule has 3 N–H and O–H groups in total. The fraction of sp³-hybridized carbons (Fsp3) is 0.600.